The fourth-order valence-corrected chi connectivity index (χ4v) is 8.79. The zero-order valence-electron chi connectivity index (χ0n) is 33.1. The highest BCUT2D eigenvalue weighted by molar-refractivity contribution is 6.12. The van der Waals surface area contributed by atoms with Crippen molar-refractivity contribution in [3.05, 3.63) is 197 Å². The summed E-state index contributed by atoms with van der Waals surface area (Å²) < 4.78 is 91.6. The van der Waals surface area contributed by atoms with Crippen LogP contribution in [0.15, 0.2) is 164 Å². The molecule has 5 nitrogen and oxygen atoms in total. The molecule has 0 spiro atoms. The third-order valence-corrected chi connectivity index (χ3v) is 11.6. The Hall–Kier alpha value is -8.59. The number of nitrogens with zero attached hydrogens (tertiary/aromatic N) is 5. The Morgan fingerprint density at radius 1 is 0.453 bits per heavy atom. The van der Waals surface area contributed by atoms with Crippen molar-refractivity contribution in [1.82, 2.24) is 9.13 Å². The molecular formula is C53H27F6N5. The Morgan fingerprint density at radius 3 is 1.59 bits per heavy atom. The van der Waals surface area contributed by atoms with Crippen LogP contribution in [-0.2, 0) is 12.4 Å². The van der Waals surface area contributed by atoms with Gasteiger partial charge in [-0.15, -0.1) is 0 Å². The van der Waals surface area contributed by atoms with Crippen molar-refractivity contribution < 1.29 is 26.3 Å². The number of aromatic nitrogens is 2. The average Bonchev–Trinajstić information content (AvgIpc) is 3.82. The summed E-state index contributed by atoms with van der Waals surface area (Å²) in [4.78, 5) is 3.56. The van der Waals surface area contributed by atoms with Crippen molar-refractivity contribution >= 4 is 49.3 Å². The van der Waals surface area contributed by atoms with Gasteiger partial charge in [-0.2, -0.15) is 36.9 Å². The molecule has 2 heterocycles. The van der Waals surface area contributed by atoms with Crippen LogP contribution in [0, 0.1) is 29.2 Å². The Kier molecular flexibility index (Phi) is 9.14. The molecule has 11 heteroatoms. The molecule has 0 unspecified atom stereocenters. The van der Waals surface area contributed by atoms with Crippen LogP contribution >= 0.6 is 0 Å². The van der Waals surface area contributed by atoms with E-state index in [0.29, 0.717) is 44.8 Å². The minimum absolute atomic E-state index is 0.0676. The molecule has 0 bridgehead atoms. The molecule has 8 aromatic carbocycles. The SMILES string of the molecule is [C-]#[N+]c1cccc(-c2ccc3c(c2)c2ccccc2n3-c2cc(-c3ccc(C(F)(F)F)cc3C(F)(F)F)c(-n3c4ccccc4c4cc(-c5cccc(C#N)c5)ccc43)cc2C#N)c1. The molecule has 2 aromatic heterocycles. The van der Waals surface area contributed by atoms with E-state index in [9.17, 15) is 23.7 Å². The number of rotatable bonds is 5. The first kappa shape index (κ1) is 39.5. The van der Waals surface area contributed by atoms with Crippen LogP contribution in [0.3, 0.4) is 0 Å². The van der Waals surface area contributed by atoms with Gasteiger partial charge in [0.05, 0.1) is 68.3 Å². The lowest BCUT2D eigenvalue weighted by Crippen LogP contribution is -2.13. The smallest absolute Gasteiger partial charge is 0.309 e. The Morgan fingerprint density at radius 2 is 1.02 bits per heavy atom. The van der Waals surface area contributed by atoms with Crippen molar-refractivity contribution in [2.45, 2.75) is 12.4 Å². The van der Waals surface area contributed by atoms with Crippen LogP contribution in [-0.4, -0.2) is 9.13 Å². The van der Waals surface area contributed by atoms with Crippen molar-refractivity contribution in [1.29, 1.82) is 10.5 Å². The van der Waals surface area contributed by atoms with Gasteiger partial charge < -0.3 is 9.13 Å². The van der Waals surface area contributed by atoms with E-state index in [0.717, 1.165) is 44.5 Å². The molecule has 0 radical (unpaired) electrons. The molecule has 0 aliphatic rings. The largest absolute Gasteiger partial charge is 0.417 e. The fraction of sp³-hybridized carbons (Fsp3) is 0.0377. The predicted octanol–water partition coefficient (Wildman–Crippen LogP) is 15.2. The molecule has 10 rings (SSSR count). The van der Waals surface area contributed by atoms with Crippen molar-refractivity contribution in [3.63, 3.8) is 0 Å². The topological polar surface area (TPSA) is 61.8 Å². The molecule has 0 aliphatic carbocycles. The van der Waals surface area contributed by atoms with Gasteiger partial charge in [0.15, 0.2) is 5.69 Å². The van der Waals surface area contributed by atoms with E-state index in [1.807, 2.05) is 78.9 Å². The zero-order chi connectivity index (χ0) is 44.5. The number of alkyl halides is 6. The van der Waals surface area contributed by atoms with Gasteiger partial charge in [0.2, 0.25) is 0 Å². The van der Waals surface area contributed by atoms with E-state index in [2.05, 4.69) is 17.0 Å². The summed E-state index contributed by atoms with van der Waals surface area (Å²) >= 11 is 0. The van der Waals surface area contributed by atoms with E-state index in [-0.39, 0.29) is 28.6 Å². The van der Waals surface area contributed by atoms with Crippen LogP contribution in [0.5, 0.6) is 0 Å². The van der Waals surface area contributed by atoms with E-state index >= 15 is 13.2 Å². The summed E-state index contributed by atoms with van der Waals surface area (Å²) in [5, 5.41) is 23.6. The van der Waals surface area contributed by atoms with Crippen LogP contribution < -0.4 is 0 Å². The van der Waals surface area contributed by atoms with Gasteiger partial charge in [-0.1, -0.05) is 84.9 Å². The zero-order valence-corrected chi connectivity index (χ0v) is 33.1. The second-order valence-corrected chi connectivity index (χ2v) is 15.3. The Bertz CT molecular complexity index is 3700. The molecule has 0 saturated heterocycles. The highest BCUT2D eigenvalue weighted by atomic mass is 19.4. The Balaban J connectivity index is 1.30. The lowest BCUT2D eigenvalue weighted by Gasteiger charge is -2.22. The van der Waals surface area contributed by atoms with E-state index in [1.54, 1.807) is 63.7 Å². The maximum atomic E-state index is 15.2. The summed E-state index contributed by atoms with van der Waals surface area (Å²) in [5.74, 6) is 0. The van der Waals surface area contributed by atoms with E-state index < -0.39 is 29.0 Å². The van der Waals surface area contributed by atoms with Crippen molar-refractivity contribution in [2.24, 2.45) is 0 Å². The van der Waals surface area contributed by atoms with Gasteiger partial charge >= 0.3 is 12.4 Å². The fourth-order valence-electron chi connectivity index (χ4n) is 8.79. The summed E-state index contributed by atoms with van der Waals surface area (Å²) in [6, 6.07) is 49.2. The van der Waals surface area contributed by atoms with Crippen LogP contribution in [0.1, 0.15) is 22.3 Å². The summed E-state index contributed by atoms with van der Waals surface area (Å²) in [6.45, 7) is 7.51. The van der Waals surface area contributed by atoms with Gasteiger partial charge in [-0.25, -0.2) is 4.85 Å². The number of halogens is 6. The van der Waals surface area contributed by atoms with Gasteiger partial charge in [0, 0.05) is 27.1 Å². The number of nitriles is 2. The number of para-hydroxylation sites is 2. The second kappa shape index (κ2) is 14.8. The summed E-state index contributed by atoms with van der Waals surface area (Å²) in [5.41, 5.74) is 3.37. The molecule has 10 aromatic rings. The van der Waals surface area contributed by atoms with Gasteiger partial charge in [0.1, 0.15) is 6.07 Å². The standard InChI is InChI=1S/C53H27F6N5/c1-62-38-11-7-10-33(23-38)35-17-20-48-42(25-35)40-12-2-4-14-46(40)63(48)50-28-44(39-19-18-37(52(54,55)56)27-45(39)53(57,58)59)51(26-36(50)30-61)64-47-15-5-3-13-41(47)43-24-34(16-21-49(43)64)32-9-6-8-31(22-32)29-60/h2-28H. The predicted molar refractivity (Wildman–Crippen MR) is 237 cm³/mol. The number of fused-ring (bicyclic) bond motifs is 6. The lowest BCUT2D eigenvalue weighted by molar-refractivity contribution is -0.142. The van der Waals surface area contributed by atoms with Gasteiger partial charge in [-0.3, -0.25) is 0 Å². The molecule has 306 valence electrons. The highest BCUT2D eigenvalue weighted by Gasteiger charge is 2.39. The van der Waals surface area contributed by atoms with E-state index in [4.69, 9.17) is 6.57 Å². The number of benzene rings is 8. The highest BCUT2D eigenvalue weighted by Crippen LogP contribution is 2.46. The maximum Gasteiger partial charge on any atom is 0.417 e. The molecule has 0 aliphatic heterocycles. The van der Waals surface area contributed by atoms with E-state index in [1.165, 1.54) is 12.1 Å². The summed E-state index contributed by atoms with van der Waals surface area (Å²) in [6.07, 6.45) is -10.3. The molecule has 0 amide bonds. The monoisotopic (exact) mass is 847 g/mol. The van der Waals surface area contributed by atoms with Crippen molar-refractivity contribution in [3.8, 4) is 56.9 Å². The first-order valence-electron chi connectivity index (χ1n) is 19.8. The molecule has 0 fully saturated rings. The van der Waals surface area contributed by atoms with Crippen molar-refractivity contribution in [2.75, 3.05) is 0 Å². The normalized spacial score (nSPS) is 11.9. The quantitative estimate of drug-likeness (QED) is 0.128. The van der Waals surface area contributed by atoms with Gasteiger partial charge in [0.25, 0.3) is 0 Å². The second-order valence-electron chi connectivity index (χ2n) is 15.3. The minimum atomic E-state index is -5.22. The third-order valence-electron chi connectivity index (χ3n) is 11.6. The van der Waals surface area contributed by atoms with Crippen LogP contribution in [0.25, 0.3) is 93.2 Å². The van der Waals surface area contributed by atoms with Crippen LogP contribution in [0.4, 0.5) is 32.0 Å². The number of hydrogen-bond donors (Lipinski definition) is 0. The third kappa shape index (κ3) is 6.48. The maximum absolute atomic E-state index is 15.2. The first-order valence-corrected chi connectivity index (χ1v) is 19.8. The molecule has 0 N–H and O–H groups in total. The molecular weight excluding hydrogens is 821 g/mol. The molecule has 0 saturated carbocycles. The average molecular weight is 848 g/mol. The lowest BCUT2D eigenvalue weighted by atomic mass is 9.93. The van der Waals surface area contributed by atoms with Crippen LogP contribution in [0.2, 0.25) is 0 Å². The molecule has 0 atom stereocenters. The summed E-state index contributed by atoms with van der Waals surface area (Å²) in [7, 11) is 0. The minimum Gasteiger partial charge on any atom is -0.309 e. The Labute approximate surface area is 360 Å². The number of hydrogen-bond acceptors (Lipinski definition) is 2. The molecule has 64 heavy (non-hydrogen) atoms. The van der Waals surface area contributed by atoms with Gasteiger partial charge in [-0.05, 0) is 107 Å². The first-order chi connectivity index (χ1) is 30.9.